The summed E-state index contributed by atoms with van der Waals surface area (Å²) in [5, 5.41) is 9.24. The fourth-order valence-electron chi connectivity index (χ4n) is 3.40. The van der Waals surface area contributed by atoms with Crippen LogP contribution in [-0.2, 0) is 9.53 Å². The van der Waals surface area contributed by atoms with Crippen LogP contribution >= 0.6 is 11.6 Å². The second kappa shape index (κ2) is 6.59. The Morgan fingerprint density at radius 3 is 1.89 bits per heavy atom. The Labute approximate surface area is 166 Å². The molecule has 0 bridgehead atoms. The fourth-order valence-corrected chi connectivity index (χ4v) is 3.52. The van der Waals surface area contributed by atoms with Crippen LogP contribution in [0.3, 0.4) is 0 Å². The number of esters is 1. The van der Waals surface area contributed by atoms with Crippen molar-refractivity contribution >= 4 is 34.8 Å². The van der Waals surface area contributed by atoms with Gasteiger partial charge in [-0.2, -0.15) is 0 Å². The maximum Gasteiger partial charge on any atom is 0.364 e. The zero-order chi connectivity index (χ0) is 19.1. The van der Waals surface area contributed by atoms with Crippen molar-refractivity contribution in [3.63, 3.8) is 0 Å². The van der Waals surface area contributed by atoms with Gasteiger partial charge in [-0.1, -0.05) is 60.1 Å². The van der Waals surface area contributed by atoms with E-state index in [1.54, 1.807) is 30.3 Å². The minimum Gasteiger partial charge on any atom is -0.421 e. The lowest BCUT2D eigenvalue weighted by Gasteiger charge is -2.00. The number of hydrogen-bond donors (Lipinski definition) is 0. The zero-order valence-electron chi connectivity index (χ0n) is 14.6. The Balaban J connectivity index is 1.56. The molecule has 0 atom stereocenters. The molecule has 0 unspecified atom stereocenters. The number of carbonyl (C=O) groups is 1. The third kappa shape index (κ3) is 2.75. The van der Waals surface area contributed by atoms with Crippen LogP contribution in [0, 0.1) is 0 Å². The van der Waals surface area contributed by atoms with E-state index in [9.17, 15) is 4.79 Å². The number of ether oxygens (including phenoxy) is 1. The third-order valence-corrected chi connectivity index (χ3v) is 4.97. The van der Waals surface area contributed by atoms with Gasteiger partial charge in [-0.15, -0.1) is 10.2 Å². The summed E-state index contributed by atoms with van der Waals surface area (Å²) in [4.78, 5) is 12.2. The Morgan fingerprint density at radius 2 is 1.29 bits per heavy atom. The number of carbonyl (C=O) groups excluding carboxylic acids is 1. The molecule has 3 aromatic rings. The summed E-state index contributed by atoms with van der Waals surface area (Å²) >= 11 is 5.91. The van der Waals surface area contributed by atoms with Crippen molar-refractivity contribution in [2.24, 2.45) is 10.2 Å². The highest BCUT2D eigenvalue weighted by Crippen LogP contribution is 2.36. The van der Waals surface area contributed by atoms with E-state index >= 15 is 0 Å². The maximum absolute atomic E-state index is 12.2. The first-order valence-corrected chi connectivity index (χ1v) is 9.13. The Kier molecular flexibility index (Phi) is 3.92. The van der Waals surface area contributed by atoms with Crippen molar-refractivity contribution in [2.75, 3.05) is 0 Å². The van der Waals surface area contributed by atoms with Crippen molar-refractivity contribution in [3.05, 3.63) is 101 Å². The van der Waals surface area contributed by atoms with Crippen molar-refractivity contribution in [1.29, 1.82) is 0 Å². The van der Waals surface area contributed by atoms with Crippen molar-refractivity contribution in [1.82, 2.24) is 0 Å². The monoisotopic (exact) mass is 384 g/mol. The molecular weight excluding hydrogens is 372 g/mol. The summed E-state index contributed by atoms with van der Waals surface area (Å²) in [6.45, 7) is 0. The molecule has 0 saturated carbocycles. The lowest BCUT2D eigenvalue weighted by Crippen LogP contribution is -2.07. The Hall–Kier alpha value is -3.50. The van der Waals surface area contributed by atoms with E-state index in [2.05, 4.69) is 22.3 Å². The molecule has 0 N–H and O–H groups in total. The van der Waals surface area contributed by atoms with Gasteiger partial charge in [-0.25, -0.2) is 4.79 Å². The van der Waals surface area contributed by atoms with Crippen LogP contribution in [0.5, 0.6) is 0 Å². The molecular formula is C23H13ClN2O2. The molecule has 0 fully saturated rings. The predicted octanol–water partition coefficient (Wildman–Crippen LogP) is 5.11. The fraction of sp³-hybridized carbons (Fsp3) is 0. The van der Waals surface area contributed by atoms with Gasteiger partial charge in [0, 0.05) is 27.8 Å². The average Bonchev–Trinajstić information content (AvgIpc) is 3.25. The van der Waals surface area contributed by atoms with Crippen LogP contribution in [0.2, 0.25) is 5.02 Å². The molecule has 3 aromatic carbocycles. The van der Waals surface area contributed by atoms with Gasteiger partial charge in [-0.05, 0) is 35.4 Å². The van der Waals surface area contributed by atoms with Gasteiger partial charge in [0.05, 0.1) is 0 Å². The van der Waals surface area contributed by atoms with Gasteiger partial charge in [0.15, 0.2) is 5.71 Å². The third-order valence-electron chi connectivity index (χ3n) is 4.72. The highest BCUT2D eigenvalue weighted by Gasteiger charge is 2.26. The number of benzene rings is 3. The Bertz CT molecular complexity index is 1160. The summed E-state index contributed by atoms with van der Waals surface area (Å²) in [7, 11) is 0. The van der Waals surface area contributed by atoms with E-state index in [1.807, 2.05) is 36.4 Å². The van der Waals surface area contributed by atoms with E-state index in [4.69, 9.17) is 16.3 Å². The van der Waals surface area contributed by atoms with E-state index in [0.717, 1.165) is 33.5 Å². The minimum absolute atomic E-state index is 0.166. The first-order valence-electron chi connectivity index (χ1n) is 8.75. The highest BCUT2D eigenvalue weighted by molar-refractivity contribution is 6.45. The van der Waals surface area contributed by atoms with Gasteiger partial charge >= 0.3 is 5.97 Å². The standard InChI is InChI=1S/C23H13ClN2O2/c24-15-11-9-14(10-12-15)21-13-20(23(27)28-21)25-26-22-18-7-3-1-5-16(18)17-6-2-4-8-19(17)22/h1-13H. The smallest absolute Gasteiger partial charge is 0.364 e. The van der Waals surface area contributed by atoms with E-state index in [-0.39, 0.29) is 5.71 Å². The topological polar surface area (TPSA) is 51.0 Å². The van der Waals surface area contributed by atoms with Gasteiger partial charge < -0.3 is 4.74 Å². The Morgan fingerprint density at radius 1 is 0.714 bits per heavy atom. The number of hydrogen-bond acceptors (Lipinski definition) is 4. The number of halogens is 1. The van der Waals surface area contributed by atoms with Gasteiger partial charge in [0.2, 0.25) is 0 Å². The minimum atomic E-state index is -0.520. The summed E-state index contributed by atoms with van der Waals surface area (Å²) in [5.41, 5.74) is 5.90. The largest absolute Gasteiger partial charge is 0.421 e. The summed E-state index contributed by atoms with van der Waals surface area (Å²) in [5.74, 6) is -0.0818. The first-order chi connectivity index (χ1) is 13.7. The van der Waals surface area contributed by atoms with Crippen LogP contribution in [0.25, 0.3) is 16.9 Å². The zero-order valence-corrected chi connectivity index (χ0v) is 15.4. The summed E-state index contributed by atoms with van der Waals surface area (Å²) in [6, 6.07) is 23.1. The first kappa shape index (κ1) is 16.7. The number of rotatable bonds is 2. The number of fused-ring (bicyclic) bond motifs is 3. The van der Waals surface area contributed by atoms with E-state index in [0.29, 0.717) is 10.8 Å². The molecule has 2 aliphatic rings. The lowest BCUT2D eigenvalue weighted by atomic mass is 10.1. The van der Waals surface area contributed by atoms with Crippen LogP contribution in [0.1, 0.15) is 16.7 Å². The average molecular weight is 385 g/mol. The SMILES string of the molecule is O=C1OC(c2ccc(Cl)cc2)=CC1=NN=C1c2ccccc2-c2ccccc21. The molecule has 0 spiro atoms. The second-order valence-electron chi connectivity index (χ2n) is 6.43. The lowest BCUT2D eigenvalue weighted by molar-refractivity contribution is -0.128. The summed E-state index contributed by atoms with van der Waals surface area (Å²) < 4.78 is 5.33. The van der Waals surface area contributed by atoms with Crippen LogP contribution in [0.15, 0.2) is 89.1 Å². The molecule has 134 valence electrons. The molecule has 1 aliphatic carbocycles. The molecule has 28 heavy (non-hydrogen) atoms. The molecule has 5 heteroatoms. The van der Waals surface area contributed by atoms with E-state index < -0.39 is 5.97 Å². The van der Waals surface area contributed by atoms with Crippen molar-refractivity contribution in [2.45, 2.75) is 0 Å². The molecule has 4 nitrogen and oxygen atoms in total. The second-order valence-corrected chi connectivity index (χ2v) is 6.87. The molecule has 0 radical (unpaired) electrons. The maximum atomic E-state index is 12.2. The summed E-state index contributed by atoms with van der Waals surface area (Å²) in [6.07, 6.45) is 1.60. The molecule has 0 amide bonds. The molecule has 1 aliphatic heterocycles. The van der Waals surface area contributed by atoms with Crippen LogP contribution in [0.4, 0.5) is 0 Å². The molecule has 5 rings (SSSR count). The van der Waals surface area contributed by atoms with Crippen molar-refractivity contribution < 1.29 is 9.53 Å². The predicted molar refractivity (Wildman–Crippen MR) is 110 cm³/mol. The normalized spacial score (nSPS) is 15.9. The molecule has 0 saturated heterocycles. The van der Waals surface area contributed by atoms with Crippen LogP contribution < -0.4 is 0 Å². The number of cyclic esters (lactones) is 1. The van der Waals surface area contributed by atoms with Gasteiger partial charge in [-0.3, -0.25) is 0 Å². The van der Waals surface area contributed by atoms with Gasteiger partial charge in [0.1, 0.15) is 11.5 Å². The molecule has 0 aromatic heterocycles. The van der Waals surface area contributed by atoms with Gasteiger partial charge in [0.25, 0.3) is 0 Å². The quantitative estimate of drug-likeness (QED) is 0.356. The highest BCUT2D eigenvalue weighted by atomic mass is 35.5. The van der Waals surface area contributed by atoms with E-state index in [1.165, 1.54) is 0 Å². The number of nitrogens with zero attached hydrogens (tertiary/aromatic N) is 2. The van der Waals surface area contributed by atoms with Crippen LogP contribution in [-0.4, -0.2) is 17.4 Å². The molecule has 1 heterocycles. The van der Waals surface area contributed by atoms with Crippen molar-refractivity contribution in [3.8, 4) is 11.1 Å².